The largest absolute Gasteiger partial charge is 0.300 e. The number of allylic oxidation sites excluding steroid dienone is 1. The maximum absolute atomic E-state index is 9.84. The topological polar surface area (TPSA) is 36.2 Å². The monoisotopic (exact) mass is 794 g/mol. The normalized spacial score (nSPS) is 12.0. The standard InChI is InChI=1S/C60H46N2/c61-57(47-26-22-40-55(42-47)59(49-28-10-2-11-29-49,50-30-12-3-13-31-50)51-32-14-4-15-33-51)44-58(62-45-46-24-8-1-9-25-46)48-27-23-41-56(43-48)60(52-34-16-5-17-35-52,53-36-18-6-19-37-53)54-38-20-7-21-39-54/h1-45,61H/b58-44-,61-57?,62-45?. The molecule has 0 aliphatic rings. The van der Waals surface area contributed by atoms with Crippen LogP contribution in [0.2, 0.25) is 0 Å². The van der Waals surface area contributed by atoms with Crippen LogP contribution in [-0.4, -0.2) is 11.9 Å². The van der Waals surface area contributed by atoms with Crippen LogP contribution in [0.15, 0.2) is 272 Å². The summed E-state index contributed by atoms with van der Waals surface area (Å²) in [6.07, 6.45) is 3.81. The predicted molar refractivity (Wildman–Crippen MR) is 258 cm³/mol. The Morgan fingerprint density at radius 2 is 0.613 bits per heavy atom. The minimum Gasteiger partial charge on any atom is -0.300 e. The molecule has 9 aromatic carbocycles. The lowest BCUT2D eigenvalue weighted by Gasteiger charge is -2.37. The molecule has 1 N–H and O–H groups in total. The van der Waals surface area contributed by atoms with E-state index in [2.05, 4.69) is 224 Å². The Labute approximate surface area is 365 Å². The predicted octanol–water partition coefficient (Wildman–Crippen LogP) is 14.0. The second kappa shape index (κ2) is 18.1. The number of hydrogen-bond donors (Lipinski definition) is 1. The van der Waals surface area contributed by atoms with Crippen molar-refractivity contribution in [3.8, 4) is 0 Å². The molecule has 296 valence electrons. The minimum absolute atomic E-state index is 0.362. The number of aliphatic imine (C=N–C) groups is 1. The summed E-state index contributed by atoms with van der Waals surface area (Å²) < 4.78 is 0. The second-order valence-electron chi connectivity index (χ2n) is 15.5. The highest BCUT2D eigenvalue weighted by atomic mass is 14.7. The third-order valence-electron chi connectivity index (χ3n) is 11.9. The zero-order chi connectivity index (χ0) is 42.0. The Morgan fingerprint density at radius 1 is 0.323 bits per heavy atom. The van der Waals surface area contributed by atoms with E-state index in [1.54, 1.807) is 0 Å². The molecular weight excluding hydrogens is 749 g/mol. The summed E-state index contributed by atoms with van der Waals surface area (Å²) in [5.74, 6) is 0. The van der Waals surface area contributed by atoms with Gasteiger partial charge in [-0.2, -0.15) is 0 Å². The first-order chi connectivity index (χ1) is 30.7. The molecule has 0 spiro atoms. The van der Waals surface area contributed by atoms with E-state index >= 15 is 0 Å². The Kier molecular flexibility index (Phi) is 11.6. The Balaban J connectivity index is 1.22. The third kappa shape index (κ3) is 7.67. The molecule has 0 radical (unpaired) electrons. The summed E-state index contributed by atoms with van der Waals surface area (Å²) in [5.41, 5.74) is 11.6. The molecule has 0 unspecified atom stereocenters. The summed E-state index contributed by atoms with van der Waals surface area (Å²) in [7, 11) is 0. The molecule has 9 aromatic rings. The zero-order valence-electron chi connectivity index (χ0n) is 34.4. The summed E-state index contributed by atoms with van der Waals surface area (Å²) in [4.78, 5) is 5.18. The Hall–Kier alpha value is -7.94. The Morgan fingerprint density at radius 3 is 0.968 bits per heavy atom. The van der Waals surface area contributed by atoms with E-state index in [-0.39, 0.29) is 0 Å². The average Bonchev–Trinajstić information content (AvgIpc) is 3.36. The highest BCUT2D eigenvalue weighted by Crippen LogP contribution is 2.47. The molecule has 0 heterocycles. The van der Waals surface area contributed by atoms with Gasteiger partial charge in [0.15, 0.2) is 0 Å². The third-order valence-corrected chi connectivity index (χ3v) is 11.9. The van der Waals surface area contributed by atoms with Gasteiger partial charge in [-0.05, 0) is 73.8 Å². The molecule has 0 aliphatic heterocycles. The van der Waals surface area contributed by atoms with Crippen molar-refractivity contribution in [3.63, 3.8) is 0 Å². The molecule has 0 atom stereocenters. The lowest BCUT2D eigenvalue weighted by molar-refractivity contribution is 0.744. The highest BCUT2D eigenvalue weighted by Gasteiger charge is 2.39. The van der Waals surface area contributed by atoms with Crippen molar-refractivity contribution in [1.29, 1.82) is 5.41 Å². The maximum atomic E-state index is 9.84. The molecule has 0 aromatic heterocycles. The number of hydrogen-bond acceptors (Lipinski definition) is 2. The van der Waals surface area contributed by atoms with Gasteiger partial charge in [0.05, 0.1) is 22.2 Å². The van der Waals surface area contributed by atoms with Crippen molar-refractivity contribution in [2.45, 2.75) is 10.8 Å². The average molecular weight is 795 g/mol. The fourth-order valence-corrected chi connectivity index (χ4v) is 9.06. The summed E-state index contributed by atoms with van der Waals surface area (Å²) in [6, 6.07) is 91.7. The van der Waals surface area contributed by atoms with Gasteiger partial charge in [0.25, 0.3) is 0 Å². The van der Waals surface area contributed by atoms with Gasteiger partial charge >= 0.3 is 0 Å². The van der Waals surface area contributed by atoms with Crippen molar-refractivity contribution in [3.05, 3.63) is 328 Å². The molecule has 2 heteroatoms. The first kappa shape index (κ1) is 39.5. The van der Waals surface area contributed by atoms with E-state index < -0.39 is 10.8 Å². The zero-order valence-corrected chi connectivity index (χ0v) is 34.4. The van der Waals surface area contributed by atoms with Crippen molar-refractivity contribution in [1.82, 2.24) is 0 Å². The van der Waals surface area contributed by atoms with Crippen molar-refractivity contribution < 1.29 is 0 Å². The van der Waals surface area contributed by atoms with E-state index in [9.17, 15) is 5.41 Å². The van der Waals surface area contributed by atoms with Crippen LogP contribution < -0.4 is 0 Å². The van der Waals surface area contributed by atoms with Crippen molar-refractivity contribution in [2.24, 2.45) is 4.99 Å². The lowest BCUT2D eigenvalue weighted by atomic mass is 9.65. The van der Waals surface area contributed by atoms with Gasteiger partial charge in [0.2, 0.25) is 0 Å². The molecule has 0 saturated heterocycles. The highest BCUT2D eigenvalue weighted by molar-refractivity contribution is 6.11. The SMILES string of the molecule is N=C(/C=C(\N=Cc1ccccc1)c1cccc(C(c2ccccc2)(c2ccccc2)c2ccccc2)c1)c1cccc(C(c2ccccc2)(c2ccccc2)c2ccccc2)c1. The van der Waals surface area contributed by atoms with Crippen LogP contribution >= 0.6 is 0 Å². The van der Waals surface area contributed by atoms with Crippen LogP contribution in [0.3, 0.4) is 0 Å². The first-order valence-electron chi connectivity index (χ1n) is 21.1. The molecule has 9 rings (SSSR count). The van der Waals surface area contributed by atoms with Crippen LogP contribution in [0.4, 0.5) is 0 Å². The molecule has 0 amide bonds. The molecule has 0 bridgehead atoms. The molecule has 0 fully saturated rings. The van der Waals surface area contributed by atoms with E-state index in [1.807, 2.05) is 48.7 Å². The maximum Gasteiger partial charge on any atom is 0.0723 e. The fourth-order valence-electron chi connectivity index (χ4n) is 9.06. The molecular formula is C60H46N2. The Bertz CT molecular complexity index is 2730. The van der Waals surface area contributed by atoms with Gasteiger partial charge in [-0.1, -0.05) is 249 Å². The molecule has 2 nitrogen and oxygen atoms in total. The van der Waals surface area contributed by atoms with Crippen LogP contribution in [0.25, 0.3) is 5.70 Å². The van der Waals surface area contributed by atoms with Gasteiger partial charge in [-0.15, -0.1) is 0 Å². The summed E-state index contributed by atoms with van der Waals surface area (Å²) in [6.45, 7) is 0. The number of benzene rings is 9. The molecule has 0 saturated carbocycles. The van der Waals surface area contributed by atoms with Crippen molar-refractivity contribution >= 4 is 17.6 Å². The van der Waals surface area contributed by atoms with Crippen LogP contribution in [0.5, 0.6) is 0 Å². The van der Waals surface area contributed by atoms with E-state index in [0.717, 1.165) is 61.2 Å². The van der Waals surface area contributed by atoms with Gasteiger partial charge in [-0.3, -0.25) is 4.99 Å². The summed E-state index contributed by atoms with van der Waals surface area (Å²) in [5, 5.41) is 9.84. The van der Waals surface area contributed by atoms with E-state index in [1.165, 1.54) is 0 Å². The summed E-state index contributed by atoms with van der Waals surface area (Å²) >= 11 is 0. The van der Waals surface area contributed by atoms with Crippen molar-refractivity contribution in [2.75, 3.05) is 0 Å². The molecule has 0 aliphatic carbocycles. The van der Waals surface area contributed by atoms with Gasteiger partial charge in [0.1, 0.15) is 0 Å². The van der Waals surface area contributed by atoms with Gasteiger partial charge < -0.3 is 5.41 Å². The number of nitrogens with one attached hydrogen (secondary N) is 1. The van der Waals surface area contributed by atoms with Crippen LogP contribution in [0.1, 0.15) is 61.2 Å². The smallest absolute Gasteiger partial charge is 0.0723 e. The molecule has 62 heavy (non-hydrogen) atoms. The van der Waals surface area contributed by atoms with E-state index in [0.29, 0.717) is 11.4 Å². The van der Waals surface area contributed by atoms with E-state index in [4.69, 9.17) is 4.99 Å². The van der Waals surface area contributed by atoms with Crippen LogP contribution in [0, 0.1) is 5.41 Å². The number of rotatable bonds is 13. The van der Waals surface area contributed by atoms with Gasteiger partial charge in [0, 0.05) is 11.8 Å². The first-order valence-corrected chi connectivity index (χ1v) is 21.1. The lowest BCUT2D eigenvalue weighted by Crippen LogP contribution is -2.31. The van der Waals surface area contributed by atoms with Crippen LogP contribution in [-0.2, 0) is 10.8 Å². The fraction of sp³-hybridized carbons (Fsp3) is 0.0333. The quantitative estimate of drug-likeness (QED) is 0.0891. The second-order valence-corrected chi connectivity index (χ2v) is 15.5. The minimum atomic E-state index is -0.637. The number of nitrogens with zero attached hydrogens (tertiary/aromatic N) is 1. The van der Waals surface area contributed by atoms with Gasteiger partial charge in [-0.25, -0.2) is 0 Å².